The molecule has 0 aromatic carbocycles. The first-order valence-corrected chi connectivity index (χ1v) is 3.49. The molecule has 0 bridgehead atoms. The Balaban J connectivity index is 2.30. The highest BCUT2D eigenvalue weighted by Gasteiger charge is 2.12. The van der Waals surface area contributed by atoms with Crippen LogP contribution in [0.4, 0.5) is 5.95 Å². The number of hydrogen-bond acceptors (Lipinski definition) is 4. The highest BCUT2D eigenvalue weighted by Crippen LogP contribution is 1.93. The zero-order valence-corrected chi connectivity index (χ0v) is 6.57. The van der Waals surface area contributed by atoms with E-state index in [9.17, 15) is 9.59 Å². The van der Waals surface area contributed by atoms with E-state index in [0.29, 0.717) is 0 Å². The van der Waals surface area contributed by atoms with Crippen molar-refractivity contribution in [2.75, 3.05) is 5.32 Å². The quantitative estimate of drug-likeness (QED) is 0.523. The Hall–Kier alpha value is -1.99. The lowest BCUT2D eigenvalue weighted by molar-refractivity contribution is -0.440. The summed E-state index contributed by atoms with van der Waals surface area (Å²) in [4.78, 5) is 21.0. The molecule has 13 heavy (non-hydrogen) atoms. The van der Waals surface area contributed by atoms with Crippen LogP contribution in [0.1, 0.15) is 12.8 Å². The first-order valence-electron chi connectivity index (χ1n) is 3.49. The lowest BCUT2D eigenvalue weighted by atomic mass is 10.3. The predicted molar refractivity (Wildman–Crippen MR) is 38.4 cm³/mol. The smallest absolute Gasteiger partial charge is 0.404 e. The van der Waals surface area contributed by atoms with Crippen molar-refractivity contribution in [1.29, 1.82) is 0 Å². The van der Waals surface area contributed by atoms with Crippen molar-refractivity contribution in [3.8, 4) is 0 Å². The van der Waals surface area contributed by atoms with Crippen LogP contribution in [0.2, 0.25) is 0 Å². The average Bonchev–Trinajstić information content (AvgIpc) is 2.53. The van der Waals surface area contributed by atoms with Gasteiger partial charge in [0.2, 0.25) is 0 Å². The van der Waals surface area contributed by atoms with Gasteiger partial charge in [0, 0.05) is 6.42 Å². The Morgan fingerprint density at radius 1 is 1.54 bits per heavy atom. The number of rotatable bonds is 4. The zero-order chi connectivity index (χ0) is 9.68. The van der Waals surface area contributed by atoms with Gasteiger partial charge in [0.15, 0.2) is 0 Å². The molecule has 0 fully saturated rings. The fourth-order valence-corrected chi connectivity index (χ4v) is 0.649. The summed E-state index contributed by atoms with van der Waals surface area (Å²) in [6.45, 7) is 0. The summed E-state index contributed by atoms with van der Waals surface area (Å²) in [5.74, 6) is -1.28. The number of hydrogen-bond donors (Lipinski definition) is 3. The van der Waals surface area contributed by atoms with E-state index in [1.54, 1.807) is 0 Å². The fraction of sp³-hybridized carbons (Fsp3) is 0.400. The van der Waals surface area contributed by atoms with E-state index >= 15 is 0 Å². The Bertz CT molecular complexity index is 295. The standard InChI is InChI=1S/C5H7N5O3/c11-3(1-2-4(12)13)6-5-7-9-10-8-5/h1-2H2,(H,12,13)(H2,6,7,8,9,10,11)/p+1. The number of nitrogens with zero attached hydrogens (tertiary/aromatic N) is 2. The van der Waals surface area contributed by atoms with E-state index in [1.165, 1.54) is 0 Å². The molecule has 1 heterocycles. The van der Waals surface area contributed by atoms with Crippen LogP contribution in [0, 0.1) is 0 Å². The molecule has 0 aliphatic heterocycles. The molecule has 0 radical (unpaired) electrons. The van der Waals surface area contributed by atoms with Gasteiger partial charge in [0.05, 0.1) is 11.5 Å². The van der Waals surface area contributed by atoms with Crippen molar-refractivity contribution < 1.29 is 19.8 Å². The van der Waals surface area contributed by atoms with Gasteiger partial charge in [-0.15, -0.1) is 5.21 Å². The molecule has 1 rings (SSSR count). The van der Waals surface area contributed by atoms with Gasteiger partial charge in [0.25, 0.3) is 5.91 Å². The molecule has 8 nitrogen and oxygen atoms in total. The van der Waals surface area contributed by atoms with Crippen molar-refractivity contribution in [2.45, 2.75) is 12.8 Å². The molecule has 0 saturated heterocycles. The summed E-state index contributed by atoms with van der Waals surface area (Å²) in [6.07, 6.45) is -0.292. The number of aromatic amines is 2. The number of carboxylic acids is 1. The monoisotopic (exact) mass is 186 g/mol. The number of H-pyrrole nitrogens is 2. The third kappa shape index (κ3) is 3.27. The largest absolute Gasteiger partial charge is 0.481 e. The number of nitrogens with one attached hydrogen (secondary N) is 3. The van der Waals surface area contributed by atoms with Crippen LogP contribution in [0.25, 0.3) is 0 Å². The van der Waals surface area contributed by atoms with Crippen molar-refractivity contribution in [1.82, 2.24) is 15.5 Å². The second kappa shape index (κ2) is 4.14. The molecule has 1 aromatic rings. The number of carboxylic acid groups (broad SMARTS) is 1. The van der Waals surface area contributed by atoms with Gasteiger partial charge in [-0.2, -0.15) is 5.10 Å². The SMILES string of the molecule is O=C(O)CCC(=O)Nc1nn[nH][nH+]1. The normalized spacial score (nSPS) is 9.54. The summed E-state index contributed by atoms with van der Waals surface area (Å²) in [7, 11) is 0. The topological polar surface area (TPSA) is 122 Å². The van der Waals surface area contributed by atoms with Crippen LogP contribution >= 0.6 is 0 Å². The fourth-order valence-electron chi connectivity index (χ4n) is 0.649. The van der Waals surface area contributed by atoms with Crippen LogP contribution < -0.4 is 10.4 Å². The van der Waals surface area contributed by atoms with E-state index in [0.717, 1.165) is 0 Å². The number of carbonyl (C=O) groups is 2. The Morgan fingerprint density at radius 3 is 2.85 bits per heavy atom. The second-order valence-electron chi connectivity index (χ2n) is 2.23. The van der Waals surface area contributed by atoms with Crippen LogP contribution in [0.3, 0.4) is 0 Å². The van der Waals surface area contributed by atoms with E-state index in [-0.39, 0.29) is 18.8 Å². The lowest BCUT2D eigenvalue weighted by Gasteiger charge is -1.92. The molecule has 0 spiro atoms. The lowest BCUT2D eigenvalue weighted by Crippen LogP contribution is -2.19. The van der Waals surface area contributed by atoms with Gasteiger partial charge in [-0.05, 0) is 0 Å². The maximum atomic E-state index is 10.9. The number of tetrazole rings is 1. The van der Waals surface area contributed by atoms with E-state index in [2.05, 4.69) is 25.9 Å². The van der Waals surface area contributed by atoms with Gasteiger partial charge in [-0.1, -0.05) is 0 Å². The third-order valence-electron chi connectivity index (χ3n) is 1.20. The maximum absolute atomic E-state index is 10.9. The van der Waals surface area contributed by atoms with E-state index in [1.807, 2.05) is 0 Å². The molecular weight excluding hydrogens is 178 g/mol. The molecular formula is C5H8N5O3+. The highest BCUT2D eigenvalue weighted by molar-refractivity contribution is 5.90. The Labute approximate surface area is 72.3 Å². The number of aliphatic carboxylic acids is 1. The maximum Gasteiger partial charge on any atom is 0.404 e. The summed E-state index contributed by atoms with van der Waals surface area (Å²) in [5.41, 5.74) is 0. The van der Waals surface area contributed by atoms with E-state index in [4.69, 9.17) is 5.11 Å². The molecule has 1 aromatic heterocycles. The minimum absolute atomic E-state index is 0.0873. The van der Waals surface area contributed by atoms with Gasteiger partial charge in [-0.3, -0.25) is 9.59 Å². The van der Waals surface area contributed by atoms with Crippen LogP contribution in [-0.4, -0.2) is 32.5 Å². The molecule has 1 amide bonds. The summed E-state index contributed by atoms with van der Waals surface area (Å²) >= 11 is 0. The van der Waals surface area contributed by atoms with Crippen molar-refractivity contribution in [2.24, 2.45) is 0 Å². The molecule has 70 valence electrons. The molecule has 4 N–H and O–H groups in total. The number of aromatic nitrogens is 4. The van der Waals surface area contributed by atoms with Crippen LogP contribution in [0.15, 0.2) is 0 Å². The van der Waals surface area contributed by atoms with Crippen molar-refractivity contribution in [3.05, 3.63) is 0 Å². The third-order valence-corrected chi connectivity index (χ3v) is 1.20. The minimum atomic E-state index is -1.01. The van der Waals surface area contributed by atoms with Crippen LogP contribution in [-0.2, 0) is 9.59 Å². The first kappa shape index (κ1) is 9.10. The van der Waals surface area contributed by atoms with Crippen molar-refractivity contribution in [3.63, 3.8) is 0 Å². The first-order chi connectivity index (χ1) is 6.18. The number of amides is 1. The minimum Gasteiger partial charge on any atom is -0.481 e. The molecule has 0 atom stereocenters. The predicted octanol–water partition coefficient (Wildman–Crippen LogP) is -1.58. The number of anilines is 1. The van der Waals surface area contributed by atoms with Crippen LogP contribution in [0.5, 0.6) is 0 Å². The van der Waals surface area contributed by atoms with Crippen molar-refractivity contribution >= 4 is 17.8 Å². The molecule has 0 aliphatic rings. The van der Waals surface area contributed by atoms with Gasteiger partial charge in [0.1, 0.15) is 5.21 Å². The molecule has 0 saturated carbocycles. The molecule has 0 aliphatic carbocycles. The highest BCUT2D eigenvalue weighted by atomic mass is 16.4. The molecule has 0 unspecified atom stereocenters. The zero-order valence-electron chi connectivity index (χ0n) is 6.57. The Kier molecular flexibility index (Phi) is 2.90. The second-order valence-corrected chi connectivity index (χ2v) is 2.23. The average molecular weight is 186 g/mol. The summed E-state index contributed by atoms with van der Waals surface area (Å²) < 4.78 is 0. The summed E-state index contributed by atoms with van der Waals surface area (Å²) in [6, 6.07) is 0. The van der Waals surface area contributed by atoms with Gasteiger partial charge < -0.3 is 5.11 Å². The van der Waals surface area contributed by atoms with E-state index < -0.39 is 11.9 Å². The summed E-state index contributed by atoms with van der Waals surface area (Å²) in [5, 5.41) is 22.0. The molecule has 8 heteroatoms. The number of carbonyl (C=O) groups excluding carboxylic acids is 1. The van der Waals surface area contributed by atoms with Gasteiger partial charge in [-0.25, -0.2) is 5.32 Å². The Morgan fingerprint density at radius 2 is 2.31 bits per heavy atom. The van der Waals surface area contributed by atoms with Gasteiger partial charge >= 0.3 is 11.9 Å².